The SMILES string of the molecule is C[C@@H]1C(=O)[C@@H](O)[C@H]2[C@@](C)(CO)CCC[C@]2(C)[C@@]12CC[C@@]1(CO[C@@H](O)C1)O2. The summed E-state index contributed by atoms with van der Waals surface area (Å²) in [5.74, 6) is -0.928. The Morgan fingerprint density at radius 3 is 2.50 bits per heavy atom. The standard InChI is InChI=1S/C20H32O6/c1-12-14(23)15(24)16-17(2,10-21)5-4-6-18(16,3)20(12)8-7-19(26-20)9-13(22)25-11-19/h12-13,15-16,21-22,24H,4-11H2,1-3H3/t12-,13-,15-,16+,17-,18+,19-,20-/m1/s1. The first-order valence-electron chi connectivity index (χ1n) is 9.96. The van der Waals surface area contributed by atoms with Crippen LogP contribution in [0.4, 0.5) is 0 Å². The summed E-state index contributed by atoms with van der Waals surface area (Å²) in [6.45, 7) is 6.31. The third-order valence-electron chi connectivity index (χ3n) is 8.38. The van der Waals surface area contributed by atoms with Gasteiger partial charge in [0.1, 0.15) is 6.10 Å². The Bertz CT molecular complexity index is 609. The Kier molecular flexibility index (Phi) is 4.15. The van der Waals surface area contributed by atoms with Gasteiger partial charge in [-0.3, -0.25) is 4.79 Å². The van der Waals surface area contributed by atoms with Crippen LogP contribution >= 0.6 is 0 Å². The van der Waals surface area contributed by atoms with Crippen molar-refractivity contribution in [3.05, 3.63) is 0 Å². The average Bonchev–Trinajstić information content (AvgIpc) is 3.16. The molecule has 2 aliphatic heterocycles. The van der Waals surface area contributed by atoms with E-state index in [0.29, 0.717) is 13.0 Å². The molecule has 2 spiro atoms. The molecule has 6 heteroatoms. The number of aliphatic hydroxyl groups excluding tert-OH is 3. The number of fused-ring (bicyclic) bond motifs is 2. The zero-order valence-electron chi connectivity index (χ0n) is 16.0. The van der Waals surface area contributed by atoms with Gasteiger partial charge in [0.2, 0.25) is 0 Å². The lowest BCUT2D eigenvalue weighted by Crippen LogP contribution is -2.70. The van der Waals surface area contributed by atoms with Crippen LogP contribution in [0, 0.1) is 22.7 Å². The fourth-order valence-corrected chi connectivity index (χ4v) is 7.00. The van der Waals surface area contributed by atoms with Gasteiger partial charge in [0.05, 0.1) is 17.8 Å². The summed E-state index contributed by atoms with van der Waals surface area (Å²) in [5, 5.41) is 30.9. The van der Waals surface area contributed by atoms with Crippen LogP contribution in [0.5, 0.6) is 0 Å². The fraction of sp³-hybridized carbons (Fsp3) is 0.950. The minimum absolute atomic E-state index is 0.0466. The summed E-state index contributed by atoms with van der Waals surface area (Å²) in [6, 6.07) is 0. The molecule has 8 atom stereocenters. The first-order chi connectivity index (χ1) is 12.1. The van der Waals surface area contributed by atoms with Gasteiger partial charge in [-0.15, -0.1) is 0 Å². The zero-order chi connectivity index (χ0) is 19.0. The van der Waals surface area contributed by atoms with Crippen molar-refractivity contribution < 1.29 is 29.6 Å². The quantitative estimate of drug-likeness (QED) is 0.647. The van der Waals surface area contributed by atoms with E-state index in [0.717, 1.165) is 32.1 Å². The van der Waals surface area contributed by atoms with Crippen LogP contribution in [0.1, 0.15) is 59.3 Å². The van der Waals surface area contributed by atoms with Crippen LogP contribution in [0.2, 0.25) is 0 Å². The minimum Gasteiger partial charge on any atom is -0.396 e. The molecule has 0 aromatic carbocycles. The molecule has 4 rings (SSSR count). The van der Waals surface area contributed by atoms with E-state index in [1.54, 1.807) is 0 Å². The Labute approximate surface area is 154 Å². The molecule has 6 nitrogen and oxygen atoms in total. The first kappa shape index (κ1) is 18.8. The lowest BCUT2D eigenvalue weighted by molar-refractivity contribution is -0.262. The van der Waals surface area contributed by atoms with Crippen molar-refractivity contribution in [1.29, 1.82) is 0 Å². The third kappa shape index (κ3) is 2.20. The van der Waals surface area contributed by atoms with Crippen molar-refractivity contribution in [3.63, 3.8) is 0 Å². The van der Waals surface area contributed by atoms with Crippen molar-refractivity contribution in [2.24, 2.45) is 22.7 Å². The normalized spacial score (nSPS) is 57.1. The molecule has 4 fully saturated rings. The number of carbonyl (C=O) groups is 1. The largest absolute Gasteiger partial charge is 0.396 e. The van der Waals surface area contributed by atoms with Crippen LogP contribution < -0.4 is 0 Å². The predicted molar refractivity (Wildman–Crippen MR) is 93.2 cm³/mol. The second-order valence-corrected chi connectivity index (χ2v) is 9.77. The van der Waals surface area contributed by atoms with Gasteiger partial charge in [0.25, 0.3) is 0 Å². The van der Waals surface area contributed by atoms with E-state index >= 15 is 0 Å². The van der Waals surface area contributed by atoms with E-state index in [1.807, 2.05) is 13.8 Å². The molecular weight excluding hydrogens is 336 g/mol. The monoisotopic (exact) mass is 368 g/mol. The van der Waals surface area contributed by atoms with E-state index < -0.39 is 40.3 Å². The zero-order valence-corrected chi connectivity index (χ0v) is 16.0. The number of carbonyl (C=O) groups excluding carboxylic acids is 1. The molecule has 3 N–H and O–H groups in total. The maximum absolute atomic E-state index is 13.1. The average molecular weight is 368 g/mol. The van der Waals surface area contributed by atoms with Crippen LogP contribution in [0.3, 0.4) is 0 Å². The second kappa shape index (κ2) is 5.74. The first-order valence-corrected chi connectivity index (χ1v) is 9.96. The van der Waals surface area contributed by atoms with Crippen LogP contribution in [0.25, 0.3) is 0 Å². The van der Waals surface area contributed by atoms with Crippen LogP contribution in [-0.2, 0) is 14.3 Å². The minimum atomic E-state index is -1.07. The van der Waals surface area contributed by atoms with E-state index in [4.69, 9.17) is 9.47 Å². The Morgan fingerprint density at radius 2 is 1.88 bits per heavy atom. The number of aliphatic hydroxyl groups is 3. The lowest BCUT2D eigenvalue weighted by Gasteiger charge is -2.64. The summed E-state index contributed by atoms with van der Waals surface area (Å²) in [5.41, 5.74) is -2.14. The third-order valence-corrected chi connectivity index (χ3v) is 8.38. The van der Waals surface area contributed by atoms with Crippen molar-refractivity contribution in [3.8, 4) is 0 Å². The summed E-state index contributed by atoms with van der Waals surface area (Å²) in [6.07, 6.45) is 2.61. The summed E-state index contributed by atoms with van der Waals surface area (Å²) in [7, 11) is 0. The lowest BCUT2D eigenvalue weighted by atomic mass is 9.43. The number of ketones is 1. The highest BCUT2D eigenvalue weighted by atomic mass is 16.6. The number of ether oxygens (including phenoxy) is 2. The van der Waals surface area contributed by atoms with Gasteiger partial charge in [-0.2, -0.15) is 0 Å². The van der Waals surface area contributed by atoms with Gasteiger partial charge in [-0.1, -0.05) is 27.2 Å². The Balaban J connectivity index is 1.80. The molecule has 2 heterocycles. The van der Waals surface area contributed by atoms with Crippen molar-refractivity contribution in [2.45, 2.75) is 82.9 Å². The maximum Gasteiger partial charge on any atom is 0.167 e. The van der Waals surface area contributed by atoms with Gasteiger partial charge in [0, 0.05) is 30.3 Å². The molecule has 2 saturated carbocycles. The van der Waals surface area contributed by atoms with Crippen molar-refractivity contribution in [1.82, 2.24) is 0 Å². The molecule has 26 heavy (non-hydrogen) atoms. The maximum atomic E-state index is 13.1. The molecule has 0 aromatic heterocycles. The summed E-state index contributed by atoms with van der Waals surface area (Å²) < 4.78 is 12.1. The molecule has 0 radical (unpaired) electrons. The Morgan fingerprint density at radius 1 is 1.15 bits per heavy atom. The molecule has 0 amide bonds. The number of hydrogen-bond donors (Lipinski definition) is 3. The number of Topliss-reactive ketones (excluding diaryl/α,β-unsaturated/α-hetero) is 1. The van der Waals surface area contributed by atoms with E-state index in [9.17, 15) is 20.1 Å². The molecule has 148 valence electrons. The molecule has 2 saturated heterocycles. The highest BCUT2D eigenvalue weighted by molar-refractivity contribution is 5.88. The highest BCUT2D eigenvalue weighted by Crippen LogP contribution is 2.67. The molecule has 0 bridgehead atoms. The Hall–Kier alpha value is -0.530. The van der Waals surface area contributed by atoms with Crippen LogP contribution in [0.15, 0.2) is 0 Å². The van der Waals surface area contributed by atoms with E-state index in [1.165, 1.54) is 0 Å². The summed E-state index contributed by atoms with van der Waals surface area (Å²) in [4.78, 5) is 13.1. The molecule has 0 aromatic rings. The van der Waals surface area contributed by atoms with Crippen molar-refractivity contribution in [2.75, 3.05) is 13.2 Å². The molecular formula is C20H32O6. The number of hydrogen-bond acceptors (Lipinski definition) is 6. The molecule has 2 aliphatic carbocycles. The highest BCUT2D eigenvalue weighted by Gasteiger charge is 2.72. The van der Waals surface area contributed by atoms with Gasteiger partial charge in [-0.25, -0.2) is 0 Å². The molecule has 0 unspecified atom stereocenters. The van der Waals surface area contributed by atoms with Gasteiger partial charge < -0.3 is 24.8 Å². The van der Waals surface area contributed by atoms with Gasteiger partial charge >= 0.3 is 0 Å². The molecule has 4 aliphatic rings. The second-order valence-electron chi connectivity index (χ2n) is 9.77. The fourth-order valence-electron chi connectivity index (χ4n) is 7.00. The predicted octanol–water partition coefficient (Wildman–Crippen LogP) is 1.40. The van der Waals surface area contributed by atoms with E-state index in [-0.39, 0.29) is 18.3 Å². The summed E-state index contributed by atoms with van der Waals surface area (Å²) >= 11 is 0. The topological polar surface area (TPSA) is 96.2 Å². The van der Waals surface area contributed by atoms with Crippen molar-refractivity contribution >= 4 is 5.78 Å². The van der Waals surface area contributed by atoms with E-state index in [2.05, 4.69) is 6.92 Å². The van der Waals surface area contributed by atoms with Gasteiger partial charge in [0.15, 0.2) is 12.1 Å². The number of rotatable bonds is 1. The van der Waals surface area contributed by atoms with Crippen LogP contribution in [-0.4, -0.2) is 57.9 Å². The smallest absolute Gasteiger partial charge is 0.167 e. The van der Waals surface area contributed by atoms with Gasteiger partial charge in [-0.05, 0) is 31.1 Å².